The first-order valence-electron chi connectivity index (χ1n) is 5.98. The minimum Gasteiger partial charge on any atom is -0.298 e. The van der Waals surface area contributed by atoms with Crippen molar-refractivity contribution in [3.05, 3.63) is 34.9 Å². The number of Topliss-reactive ketones (excluding diaryl/α,β-unsaturated/α-hetero) is 1. The van der Waals surface area contributed by atoms with Gasteiger partial charge in [-0.3, -0.25) is 4.79 Å². The Morgan fingerprint density at radius 3 is 2.61 bits per heavy atom. The molecule has 0 aliphatic heterocycles. The molecule has 1 aliphatic carbocycles. The van der Waals surface area contributed by atoms with Gasteiger partial charge in [-0.05, 0) is 24.5 Å². The Hall–Kier alpha value is -0.870. The van der Waals surface area contributed by atoms with Crippen LogP contribution in [0.2, 0.25) is 5.02 Å². The van der Waals surface area contributed by atoms with Crippen LogP contribution in [0.25, 0.3) is 0 Å². The van der Waals surface area contributed by atoms with Crippen molar-refractivity contribution in [2.45, 2.75) is 36.7 Å². The molecule has 98 valence electrons. The number of sulfone groups is 1. The number of carbonyl (C=O) groups excluding carboxylic acids is 1. The quantitative estimate of drug-likeness (QED) is 0.858. The molecule has 18 heavy (non-hydrogen) atoms. The standard InChI is InChI=1S/C13H15ClO3S/c14-11-6-2-1-5-10(11)9-18(16,17)13-8-4-3-7-12(13)15/h1-2,5-6,13H,3-4,7-9H2. The van der Waals surface area contributed by atoms with Gasteiger partial charge in [0.15, 0.2) is 15.6 Å². The summed E-state index contributed by atoms with van der Waals surface area (Å²) in [5.41, 5.74) is 0.567. The van der Waals surface area contributed by atoms with E-state index in [1.165, 1.54) is 0 Å². The lowest BCUT2D eigenvalue weighted by atomic mass is 9.99. The van der Waals surface area contributed by atoms with E-state index in [1.54, 1.807) is 24.3 Å². The third-order valence-corrected chi connectivity index (χ3v) is 5.69. The van der Waals surface area contributed by atoms with Gasteiger partial charge in [-0.15, -0.1) is 0 Å². The van der Waals surface area contributed by atoms with Crippen molar-refractivity contribution in [3.63, 3.8) is 0 Å². The Balaban J connectivity index is 2.22. The first kappa shape index (κ1) is 13.6. The number of rotatable bonds is 3. The number of hydrogen-bond acceptors (Lipinski definition) is 3. The lowest BCUT2D eigenvalue weighted by Gasteiger charge is -2.20. The number of ketones is 1. The molecule has 0 bridgehead atoms. The zero-order valence-corrected chi connectivity index (χ0v) is 11.5. The van der Waals surface area contributed by atoms with Crippen LogP contribution >= 0.6 is 11.6 Å². The molecule has 1 fully saturated rings. The van der Waals surface area contributed by atoms with E-state index in [9.17, 15) is 13.2 Å². The summed E-state index contributed by atoms with van der Waals surface area (Å²) in [5.74, 6) is -0.295. The summed E-state index contributed by atoms with van der Waals surface area (Å²) in [6.45, 7) is 0. The van der Waals surface area contributed by atoms with Crippen molar-refractivity contribution in [1.29, 1.82) is 0 Å². The normalized spacial score (nSPS) is 20.9. The van der Waals surface area contributed by atoms with Crippen molar-refractivity contribution in [2.75, 3.05) is 0 Å². The first-order valence-corrected chi connectivity index (χ1v) is 8.08. The van der Waals surface area contributed by atoms with E-state index in [1.807, 2.05) is 0 Å². The van der Waals surface area contributed by atoms with E-state index >= 15 is 0 Å². The summed E-state index contributed by atoms with van der Waals surface area (Å²) in [6.07, 6.45) is 2.44. The molecule has 0 heterocycles. The Labute approximate surface area is 112 Å². The summed E-state index contributed by atoms with van der Waals surface area (Å²) in [6, 6.07) is 6.85. The molecular formula is C13H15ClO3S. The van der Waals surface area contributed by atoms with Gasteiger partial charge in [0.1, 0.15) is 5.25 Å². The van der Waals surface area contributed by atoms with E-state index in [2.05, 4.69) is 0 Å². The van der Waals surface area contributed by atoms with Gasteiger partial charge < -0.3 is 0 Å². The minimum absolute atomic E-state index is 0.145. The van der Waals surface area contributed by atoms with Crippen LogP contribution in [0, 0.1) is 0 Å². The molecule has 5 heteroatoms. The van der Waals surface area contributed by atoms with E-state index in [0.717, 1.165) is 12.8 Å². The second kappa shape index (κ2) is 5.41. The van der Waals surface area contributed by atoms with Crippen molar-refractivity contribution >= 4 is 27.2 Å². The van der Waals surface area contributed by atoms with Gasteiger partial charge in [0.2, 0.25) is 0 Å². The monoisotopic (exact) mass is 286 g/mol. The minimum atomic E-state index is -3.44. The fraction of sp³-hybridized carbons (Fsp3) is 0.462. The second-order valence-corrected chi connectivity index (χ2v) is 7.19. The molecule has 0 aromatic heterocycles. The van der Waals surface area contributed by atoms with E-state index < -0.39 is 15.1 Å². The number of halogens is 1. The third kappa shape index (κ3) is 2.93. The van der Waals surface area contributed by atoms with Gasteiger partial charge in [-0.25, -0.2) is 8.42 Å². The van der Waals surface area contributed by atoms with Crippen LogP contribution < -0.4 is 0 Å². The highest BCUT2D eigenvalue weighted by Gasteiger charge is 2.34. The third-order valence-electron chi connectivity index (χ3n) is 3.25. The average Bonchev–Trinajstić information content (AvgIpc) is 2.32. The maximum absolute atomic E-state index is 12.2. The van der Waals surface area contributed by atoms with Crippen LogP contribution in [0.4, 0.5) is 0 Å². The molecule has 1 aromatic carbocycles. The van der Waals surface area contributed by atoms with Crippen LogP contribution in [0.5, 0.6) is 0 Å². The molecule has 0 amide bonds. The Bertz CT molecular complexity index is 551. The lowest BCUT2D eigenvalue weighted by molar-refractivity contribution is -0.119. The summed E-state index contributed by atoms with van der Waals surface area (Å²) in [7, 11) is -3.44. The van der Waals surface area contributed by atoms with Crippen LogP contribution in [0.15, 0.2) is 24.3 Å². The van der Waals surface area contributed by atoms with Crippen LogP contribution in [-0.2, 0) is 20.4 Å². The van der Waals surface area contributed by atoms with Gasteiger partial charge in [0.25, 0.3) is 0 Å². The van der Waals surface area contributed by atoms with E-state index in [4.69, 9.17) is 11.6 Å². The van der Waals surface area contributed by atoms with Crippen LogP contribution in [0.3, 0.4) is 0 Å². The maximum Gasteiger partial charge on any atom is 0.164 e. The predicted molar refractivity (Wildman–Crippen MR) is 71.3 cm³/mol. The molecule has 1 atom stereocenters. The molecule has 0 spiro atoms. The maximum atomic E-state index is 12.2. The Morgan fingerprint density at radius 2 is 1.94 bits per heavy atom. The molecule has 1 aliphatic rings. The van der Waals surface area contributed by atoms with Gasteiger partial charge in [0, 0.05) is 11.4 Å². The lowest BCUT2D eigenvalue weighted by Crippen LogP contribution is -2.33. The summed E-state index contributed by atoms with van der Waals surface area (Å²) < 4.78 is 24.5. The number of benzene rings is 1. The van der Waals surface area contributed by atoms with Crippen molar-refractivity contribution in [3.8, 4) is 0 Å². The van der Waals surface area contributed by atoms with Crippen molar-refractivity contribution in [1.82, 2.24) is 0 Å². The molecule has 0 N–H and O–H groups in total. The summed E-state index contributed by atoms with van der Waals surface area (Å²) in [5, 5.41) is -0.396. The van der Waals surface area contributed by atoms with Gasteiger partial charge in [0.05, 0.1) is 5.75 Å². The largest absolute Gasteiger partial charge is 0.298 e. The molecule has 1 saturated carbocycles. The molecule has 1 aromatic rings. The zero-order chi connectivity index (χ0) is 13.2. The highest BCUT2D eigenvalue weighted by atomic mass is 35.5. The summed E-state index contributed by atoms with van der Waals surface area (Å²) >= 11 is 5.96. The fourth-order valence-corrected chi connectivity index (χ4v) is 4.48. The van der Waals surface area contributed by atoms with Crippen molar-refractivity contribution < 1.29 is 13.2 Å². The second-order valence-electron chi connectivity index (χ2n) is 4.60. The molecule has 0 radical (unpaired) electrons. The molecular weight excluding hydrogens is 272 g/mol. The SMILES string of the molecule is O=C1CCCCC1S(=O)(=O)Cc1ccccc1Cl. The van der Waals surface area contributed by atoms with Gasteiger partial charge in [-0.1, -0.05) is 36.2 Å². The zero-order valence-electron chi connectivity index (χ0n) is 9.93. The Kier molecular flexibility index (Phi) is 4.07. The summed E-state index contributed by atoms with van der Waals surface area (Å²) in [4.78, 5) is 11.7. The molecule has 0 saturated heterocycles. The van der Waals surface area contributed by atoms with E-state index in [-0.39, 0.29) is 11.5 Å². The molecule has 3 nitrogen and oxygen atoms in total. The first-order chi connectivity index (χ1) is 8.50. The smallest absolute Gasteiger partial charge is 0.164 e. The molecule has 2 rings (SSSR count). The fourth-order valence-electron chi connectivity index (χ4n) is 2.26. The van der Waals surface area contributed by atoms with Crippen LogP contribution in [0.1, 0.15) is 31.2 Å². The average molecular weight is 287 g/mol. The van der Waals surface area contributed by atoms with Gasteiger partial charge >= 0.3 is 0 Å². The van der Waals surface area contributed by atoms with Gasteiger partial charge in [-0.2, -0.15) is 0 Å². The number of hydrogen-bond donors (Lipinski definition) is 0. The van der Waals surface area contributed by atoms with E-state index in [0.29, 0.717) is 23.4 Å². The van der Waals surface area contributed by atoms with Crippen LogP contribution in [-0.4, -0.2) is 19.5 Å². The Morgan fingerprint density at radius 1 is 1.22 bits per heavy atom. The predicted octanol–water partition coefficient (Wildman–Crippen LogP) is 2.77. The highest BCUT2D eigenvalue weighted by Crippen LogP contribution is 2.26. The molecule has 1 unspecified atom stereocenters. The number of carbonyl (C=O) groups is 1. The topological polar surface area (TPSA) is 51.2 Å². The highest BCUT2D eigenvalue weighted by molar-refractivity contribution is 7.92. The van der Waals surface area contributed by atoms with Crippen molar-refractivity contribution in [2.24, 2.45) is 0 Å².